The maximum Gasteiger partial charge on any atom is 0.472 e. The van der Waals surface area contributed by atoms with Gasteiger partial charge in [0.25, 0.3) is 0 Å². The third kappa shape index (κ3) is 52.8. The van der Waals surface area contributed by atoms with Crippen molar-refractivity contribution in [3.8, 4) is 0 Å². The first-order chi connectivity index (χ1) is 33.5. The van der Waals surface area contributed by atoms with Gasteiger partial charge in [0.15, 0.2) is 0 Å². The number of amides is 1. The first kappa shape index (κ1) is 66.2. The maximum atomic E-state index is 12.9. The van der Waals surface area contributed by atoms with Gasteiger partial charge in [-0.05, 0) is 83.5 Å². The molecule has 3 unspecified atom stereocenters. The zero-order valence-electron chi connectivity index (χ0n) is 45.0. The van der Waals surface area contributed by atoms with Crippen LogP contribution < -0.4 is 5.32 Å². The van der Waals surface area contributed by atoms with E-state index in [-0.39, 0.29) is 25.5 Å². The molecule has 0 rings (SSSR count). The number of phosphoric ester groups is 1. The Labute approximate surface area is 425 Å². The Bertz CT molecular complexity index is 1490. The van der Waals surface area contributed by atoms with E-state index in [1.165, 1.54) is 116 Å². The van der Waals surface area contributed by atoms with Crippen molar-refractivity contribution >= 4 is 13.7 Å². The second-order valence-corrected chi connectivity index (χ2v) is 21.0. The molecule has 3 N–H and O–H groups in total. The number of allylic oxidation sites excluding steroid dienone is 17. The summed E-state index contributed by atoms with van der Waals surface area (Å²) in [5.41, 5.74) is 0. The fraction of sp³-hybridized carbons (Fsp3) is 0.683. The lowest BCUT2D eigenvalue weighted by Crippen LogP contribution is -2.45. The average Bonchev–Trinajstić information content (AvgIpc) is 3.31. The van der Waals surface area contributed by atoms with Crippen LogP contribution in [0.25, 0.3) is 0 Å². The minimum absolute atomic E-state index is 0.0391. The summed E-state index contributed by atoms with van der Waals surface area (Å²) in [6, 6.07) is -0.903. The first-order valence-corrected chi connectivity index (χ1v) is 29.3. The topological polar surface area (TPSA) is 105 Å². The SMILES string of the molecule is CC/C=C\C/C=C\C/C=C\C/C=C\C/C=C\C/C=C\C/C=C\CCCC(=O)NC(COP(=O)(O)OCC[N+](C)(C)C)C(O)/C=C/CC/C=C/CCCCCCCCCCCCCCCCCCCC. The normalized spacial score (nSPS) is 14.8. The number of unbranched alkanes of at least 4 members (excludes halogenated alkanes) is 20. The number of hydrogen-bond acceptors (Lipinski definition) is 5. The summed E-state index contributed by atoms with van der Waals surface area (Å²) >= 11 is 0. The molecule has 9 heteroatoms. The number of carbonyl (C=O) groups excluding carboxylic acids is 1. The Kier molecular flexibility index (Phi) is 48.1. The largest absolute Gasteiger partial charge is 0.472 e. The predicted molar refractivity (Wildman–Crippen MR) is 299 cm³/mol. The van der Waals surface area contributed by atoms with E-state index < -0.39 is 20.0 Å². The van der Waals surface area contributed by atoms with E-state index in [9.17, 15) is 19.4 Å². The van der Waals surface area contributed by atoms with Crippen LogP contribution in [0.15, 0.2) is 109 Å². The summed E-state index contributed by atoms with van der Waals surface area (Å²) < 4.78 is 23.6. The lowest BCUT2D eigenvalue weighted by atomic mass is 10.0. The van der Waals surface area contributed by atoms with Crippen LogP contribution in [0.1, 0.15) is 213 Å². The highest BCUT2D eigenvalue weighted by molar-refractivity contribution is 7.47. The van der Waals surface area contributed by atoms with Crippen molar-refractivity contribution < 1.29 is 32.9 Å². The number of likely N-dealkylation sites (N-methyl/N-ethyl adjacent to an activating group) is 1. The van der Waals surface area contributed by atoms with Gasteiger partial charge in [-0.3, -0.25) is 13.8 Å². The summed E-state index contributed by atoms with van der Waals surface area (Å²) in [5.74, 6) is -0.248. The number of quaternary nitrogens is 1. The molecule has 3 atom stereocenters. The number of nitrogens with zero attached hydrogens (tertiary/aromatic N) is 1. The van der Waals surface area contributed by atoms with E-state index in [2.05, 4.69) is 116 Å². The number of nitrogens with one attached hydrogen (secondary N) is 1. The summed E-state index contributed by atoms with van der Waals surface area (Å²) in [6.07, 6.45) is 73.4. The zero-order chi connectivity index (χ0) is 50.6. The summed E-state index contributed by atoms with van der Waals surface area (Å²) in [4.78, 5) is 23.2. The van der Waals surface area contributed by atoms with E-state index in [1.807, 2.05) is 27.2 Å². The van der Waals surface area contributed by atoms with Crippen molar-refractivity contribution in [3.63, 3.8) is 0 Å². The third-order valence-corrected chi connectivity index (χ3v) is 12.7. The van der Waals surface area contributed by atoms with Crippen molar-refractivity contribution in [1.29, 1.82) is 0 Å². The Morgan fingerprint density at radius 3 is 1.33 bits per heavy atom. The van der Waals surface area contributed by atoms with E-state index in [1.54, 1.807) is 6.08 Å². The Balaban J connectivity index is 4.43. The number of aliphatic hydroxyl groups is 1. The molecule has 0 aliphatic heterocycles. The van der Waals surface area contributed by atoms with Gasteiger partial charge in [0.1, 0.15) is 13.2 Å². The van der Waals surface area contributed by atoms with Crippen LogP contribution in [0.3, 0.4) is 0 Å². The summed E-state index contributed by atoms with van der Waals surface area (Å²) in [7, 11) is 1.50. The molecular formula is C60H106N2O6P+. The number of aliphatic hydroxyl groups excluding tert-OH is 1. The second-order valence-electron chi connectivity index (χ2n) is 19.6. The second kappa shape index (κ2) is 50.1. The lowest BCUT2D eigenvalue weighted by molar-refractivity contribution is -0.870. The lowest BCUT2D eigenvalue weighted by Gasteiger charge is -2.25. The Morgan fingerprint density at radius 2 is 0.884 bits per heavy atom. The van der Waals surface area contributed by atoms with Gasteiger partial charge < -0.3 is 19.8 Å². The molecule has 0 aromatic heterocycles. The van der Waals surface area contributed by atoms with Gasteiger partial charge in [0, 0.05) is 6.42 Å². The number of carbonyl (C=O) groups is 1. The van der Waals surface area contributed by atoms with Gasteiger partial charge in [-0.1, -0.05) is 232 Å². The number of rotatable bonds is 49. The van der Waals surface area contributed by atoms with E-state index in [0.29, 0.717) is 17.4 Å². The van der Waals surface area contributed by atoms with Gasteiger partial charge in [-0.25, -0.2) is 4.57 Å². The van der Waals surface area contributed by atoms with Crippen molar-refractivity contribution in [1.82, 2.24) is 5.32 Å². The molecule has 0 radical (unpaired) electrons. The Hall–Kier alpha value is -2.84. The van der Waals surface area contributed by atoms with Gasteiger partial charge in [0.2, 0.25) is 5.91 Å². The third-order valence-electron chi connectivity index (χ3n) is 11.7. The van der Waals surface area contributed by atoms with E-state index in [4.69, 9.17) is 9.05 Å². The molecule has 396 valence electrons. The number of phosphoric acid groups is 1. The highest BCUT2D eigenvalue weighted by Gasteiger charge is 2.27. The van der Waals surface area contributed by atoms with E-state index in [0.717, 1.165) is 70.6 Å². The molecule has 0 saturated carbocycles. The number of hydrogen-bond donors (Lipinski definition) is 3. The minimum atomic E-state index is -4.38. The maximum absolute atomic E-state index is 12.9. The van der Waals surface area contributed by atoms with Crippen molar-refractivity contribution in [2.75, 3.05) is 40.9 Å². The summed E-state index contributed by atoms with van der Waals surface area (Å²) in [6.45, 7) is 4.63. The molecule has 8 nitrogen and oxygen atoms in total. The van der Waals surface area contributed by atoms with Gasteiger partial charge in [-0.15, -0.1) is 0 Å². The average molecular weight is 982 g/mol. The molecular weight excluding hydrogens is 876 g/mol. The van der Waals surface area contributed by atoms with Crippen molar-refractivity contribution in [3.05, 3.63) is 109 Å². The van der Waals surface area contributed by atoms with Crippen LogP contribution in [0, 0.1) is 0 Å². The molecule has 69 heavy (non-hydrogen) atoms. The summed E-state index contributed by atoms with van der Waals surface area (Å²) in [5, 5.41) is 13.9. The van der Waals surface area contributed by atoms with Crippen LogP contribution in [0.4, 0.5) is 0 Å². The smallest absolute Gasteiger partial charge is 0.387 e. The van der Waals surface area contributed by atoms with E-state index >= 15 is 0 Å². The fourth-order valence-electron chi connectivity index (χ4n) is 7.40. The highest BCUT2D eigenvalue weighted by Crippen LogP contribution is 2.43. The van der Waals surface area contributed by atoms with Crippen LogP contribution in [0.5, 0.6) is 0 Å². The van der Waals surface area contributed by atoms with Gasteiger partial charge >= 0.3 is 7.82 Å². The minimum Gasteiger partial charge on any atom is -0.387 e. The van der Waals surface area contributed by atoms with Crippen LogP contribution in [-0.4, -0.2) is 73.4 Å². The molecule has 0 saturated heterocycles. The standard InChI is InChI=1S/C60H105N2O6P/c1-6-8-10-12-14-16-18-20-22-24-26-28-30-32-33-35-37-39-41-43-45-47-49-51-53-59(63)58(57-68-69(65,66)67-56-55-62(3,4)5)61-60(64)54-52-50-48-46-44-42-40-38-36-34-31-29-27-25-23-21-19-17-15-13-11-9-7-2/h9,11,15,17,21,23,27,29,34,36,40,42-43,45-46,48,51,53,58-59,63H,6-8,10,12-14,16,18-20,22,24-26,28,30-33,35,37-39,41,44,47,49-50,52,54-57H2,1-5H3,(H-,61,64,65,66)/p+1/b11-9-,17-15-,23-21-,29-27-,36-34-,42-40-,45-43+,48-46-,53-51+. The molecule has 0 heterocycles. The monoisotopic (exact) mass is 982 g/mol. The quantitative estimate of drug-likeness (QED) is 0.0243. The molecule has 0 aliphatic carbocycles. The molecule has 0 fully saturated rings. The molecule has 0 aromatic rings. The Morgan fingerprint density at radius 1 is 0.507 bits per heavy atom. The van der Waals surface area contributed by atoms with Gasteiger partial charge in [0.05, 0.1) is 39.9 Å². The van der Waals surface area contributed by atoms with Crippen molar-refractivity contribution in [2.24, 2.45) is 0 Å². The molecule has 0 spiro atoms. The van der Waals surface area contributed by atoms with Crippen LogP contribution in [-0.2, 0) is 18.4 Å². The first-order valence-electron chi connectivity index (χ1n) is 27.8. The van der Waals surface area contributed by atoms with Crippen LogP contribution in [0.2, 0.25) is 0 Å². The molecule has 0 bridgehead atoms. The molecule has 1 amide bonds. The molecule has 0 aromatic carbocycles. The van der Waals surface area contributed by atoms with Gasteiger partial charge in [-0.2, -0.15) is 0 Å². The predicted octanol–water partition coefficient (Wildman–Crippen LogP) is 16.8. The molecule has 0 aliphatic rings. The fourth-order valence-corrected chi connectivity index (χ4v) is 8.14. The van der Waals surface area contributed by atoms with Crippen molar-refractivity contribution in [2.45, 2.75) is 225 Å². The zero-order valence-corrected chi connectivity index (χ0v) is 45.9. The van der Waals surface area contributed by atoms with Crippen LogP contribution >= 0.6 is 7.82 Å². The highest BCUT2D eigenvalue weighted by atomic mass is 31.2.